The van der Waals surface area contributed by atoms with Gasteiger partial charge in [-0.2, -0.15) is 0 Å². The molecule has 1 N–H and O–H groups in total. The number of esters is 1. The molecule has 2 rings (SSSR count). The summed E-state index contributed by atoms with van der Waals surface area (Å²) in [4.78, 5) is 14.8. The van der Waals surface area contributed by atoms with Crippen molar-refractivity contribution >= 4 is 5.97 Å². The van der Waals surface area contributed by atoms with Gasteiger partial charge >= 0.3 is 5.97 Å². The summed E-state index contributed by atoms with van der Waals surface area (Å²) < 4.78 is 5.50. The van der Waals surface area contributed by atoms with E-state index in [2.05, 4.69) is 0 Å². The van der Waals surface area contributed by atoms with E-state index < -0.39 is 11.6 Å². The van der Waals surface area contributed by atoms with Crippen LogP contribution >= 0.6 is 0 Å². The molecule has 23 heavy (non-hydrogen) atoms. The van der Waals surface area contributed by atoms with Crippen molar-refractivity contribution in [3.63, 3.8) is 0 Å². The highest BCUT2D eigenvalue weighted by atomic mass is 16.6. The molecule has 1 fully saturated rings. The van der Waals surface area contributed by atoms with Crippen LogP contribution in [0.4, 0.5) is 0 Å². The highest BCUT2D eigenvalue weighted by Gasteiger charge is 2.47. The fourth-order valence-corrected chi connectivity index (χ4v) is 3.40. The smallest absolute Gasteiger partial charge is 0.344 e. The molecule has 0 bridgehead atoms. The minimum Gasteiger partial charge on any atom is -0.447 e. The number of carbonyl (C=O) groups excluding carboxylic acids is 1. The van der Waals surface area contributed by atoms with Gasteiger partial charge in [-0.1, -0.05) is 63.4 Å². The van der Waals surface area contributed by atoms with Gasteiger partial charge in [0.05, 0.1) is 0 Å². The number of nitrogens with zero attached hydrogens (tertiary/aromatic N) is 1. The zero-order valence-electron chi connectivity index (χ0n) is 14.3. The van der Waals surface area contributed by atoms with Crippen LogP contribution in [0.5, 0.6) is 0 Å². The van der Waals surface area contributed by atoms with Crippen molar-refractivity contribution < 1.29 is 14.6 Å². The molecule has 1 aliphatic rings. The molecule has 4 heteroatoms. The second-order valence-corrected chi connectivity index (χ2v) is 6.33. The number of benzene rings is 1. The van der Waals surface area contributed by atoms with Crippen LogP contribution in [0.15, 0.2) is 30.3 Å². The Hall–Kier alpha value is -1.39. The van der Waals surface area contributed by atoms with E-state index >= 15 is 0 Å². The van der Waals surface area contributed by atoms with Crippen LogP contribution in [0.3, 0.4) is 0 Å². The van der Waals surface area contributed by atoms with Crippen LogP contribution < -0.4 is 0 Å². The number of rotatable bonds is 7. The molecule has 0 aliphatic heterocycles. The average molecular weight is 319 g/mol. The molecule has 1 saturated carbocycles. The van der Waals surface area contributed by atoms with Gasteiger partial charge in [-0.3, -0.25) is 4.90 Å². The summed E-state index contributed by atoms with van der Waals surface area (Å²) >= 11 is 0. The summed E-state index contributed by atoms with van der Waals surface area (Å²) in [7, 11) is 0. The lowest BCUT2D eigenvalue weighted by molar-refractivity contribution is -0.180. The van der Waals surface area contributed by atoms with Gasteiger partial charge in [0, 0.05) is 5.92 Å². The Bertz CT molecular complexity index is 481. The summed E-state index contributed by atoms with van der Waals surface area (Å²) in [6, 6.07) is 9.27. The van der Waals surface area contributed by atoms with Crippen LogP contribution in [-0.4, -0.2) is 35.8 Å². The van der Waals surface area contributed by atoms with Crippen molar-refractivity contribution in [2.45, 2.75) is 51.6 Å². The van der Waals surface area contributed by atoms with Crippen LogP contribution in [0.2, 0.25) is 0 Å². The van der Waals surface area contributed by atoms with Crippen molar-refractivity contribution in [3.05, 3.63) is 35.9 Å². The van der Waals surface area contributed by atoms with Crippen LogP contribution in [0, 0.1) is 5.92 Å². The Morgan fingerprint density at radius 1 is 1.17 bits per heavy atom. The quantitative estimate of drug-likeness (QED) is 0.619. The first-order valence-corrected chi connectivity index (χ1v) is 8.80. The van der Waals surface area contributed by atoms with Gasteiger partial charge in [-0.15, -0.1) is 0 Å². The maximum atomic E-state index is 12.8. The van der Waals surface area contributed by atoms with Gasteiger partial charge in [0.25, 0.3) is 0 Å². The molecule has 4 nitrogen and oxygen atoms in total. The number of hydrogen-bond donors (Lipinski definition) is 1. The summed E-state index contributed by atoms with van der Waals surface area (Å²) in [6.45, 7) is 5.92. The van der Waals surface area contributed by atoms with Crippen molar-refractivity contribution in [2.24, 2.45) is 5.92 Å². The van der Waals surface area contributed by atoms with E-state index in [0.717, 1.165) is 38.8 Å². The monoisotopic (exact) mass is 319 g/mol. The van der Waals surface area contributed by atoms with E-state index in [4.69, 9.17) is 4.74 Å². The SMILES string of the molecule is CCN(CC)COC(=O)C(O)(c1ccccc1)C1CCCCC1. The maximum Gasteiger partial charge on any atom is 0.344 e. The first kappa shape index (κ1) is 18.0. The standard InChI is InChI=1S/C19H29NO3/c1-3-20(4-2)15-23-18(21)19(22,16-11-7-5-8-12-16)17-13-9-6-10-14-17/h5,7-8,11-12,17,22H,3-4,6,9-10,13-15H2,1-2H3. The molecule has 1 aromatic rings. The van der Waals surface area contributed by atoms with E-state index in [9.17, 15) is 9.90 Å². The molecule has 0 heterocycles. The van der Waals surface area contributed by atoms with E-state index in [1.54, 1.807) is 0 Å². The number of carbonyl (C=O) groups is 1. The molecule has 0 amide bonds. The van der Waals surface area contributed by atoms with Crippen LogP contribution in [0.25, 0.3) is 0 Å². The van der Waals surface area contributed by atoms with Gasteiger partial charge in [0.2, 0.25) is 0 Å². The van der Waals surface area contributed by atoms with E-state index in [1.807, 2.05) is 49.1 Å². The normalized spacial score (nSPS) is 18.6. The van der Waals surface area contributed by atoms with Crippen LogP contribution in [0.1, 0.15) is 51.5 Å². The molecular formula is C19H29NO3. The van der Waals surface area contributed by atoms with Crippen molar-refractivity contribution in [1.29, 1.82) is 0 Å². The maximum absolute atomic E-state index is 12.8. The highest BCUT2D eigenvalue weighted by Crippen LogP contribution is 2.40. The van der Waals surface area contributed by atoms with Crippen molar-refractivity contribution in [1.82, 2.24) is 4.90 Å². The molecule has 0 spiro atoms. The predicted molar refractivity (Wildman–Crippen MR) is 90.8 cm³/mol. The molecule has 1 aromatic carbocycles. The van der Waals surface area contributed by atoms with Crippen LogP contribution in [-0.2, 0) is 15.1 Å². The molecule has 0 radical (unpaired) electrons. The molecule has 1 unspecified atom stereocenters. The fourth-order valence-electron chi connectivity index (χ4n) is 3.40. The van der Waals surface area contributed by atoms with Gasteiger partial charge in [0.1, 0.15) is 6.73 Å². The zero-order chi connectivity index (χ0) is 16.7. The molecule has 0 saturated heterocycles. The van der Waals surface area contributed by atoms with Gasteiger partial charge in [0.15, 0.2) is 5.60 Å². The Labute approximate surface area is 139 Å². The van der Waals surface area contributed by atoms with Crippen molar-refractivity contribution in [3.8, 4) is 0 Å². The highest BCUT2D eigenvalue weighted by molar-refractivity contribution is 5.81. The van der Waals surface area contributed by atoms with E-state index in [1.165, 1.54) is 6.42 Å². The minimum atomic E-state index is -1.53. The Morgan fingerprint density at radius 2 is 1.78 bits per heavy atom. The summed E-state index contributed by atoms with van der Waals surface area (Å²) in [5.41, 5.74) is -0.883. The minimum absolute atomic E-state index is 0.0668. The molecule has 128 valence electrons. The lowest BCUT2D eigenvalue weighted by Gasteiger charge is -2.37. The average Bonchev–Trinajstić information content (AvgIpc) is 2.63. The lowest BCUT2D eigenvalue weighted by atomic mass is 9.73. The van der Waals surface area contributed by atoms with E-state index in [0.29, 0.717) is 5.56 Å². The zero-order valence-corrected chi connectivity index (χ0v) is 14.3. The predicted octanol–water partition coefficient (Wildman–Crippen LogP) is 3.30. The molecular weight excluding hydrogens is 290 g/mol. The first-order valence-electron chi connectivity index (χ1n) is 8.80. The third-order valence-electron chi connectivity index (χ3n) is 4.99. The third kappa shape index (κ3) is 4.12. The summed E-state index contributed by atoms with van der Waals surface area (Å²) in [5.74, 6) is -0.578. The number of aliphatic hydroxyl groups is 1. The fraction of sp³-hybridized carbons (Fsp3) is 0.632. The largest absolute Gasteiger partial charge is 0.447 e. The molecule has 1 aliphatic carbocycles. The Morgan fingerprint density at radius 3 is 2.35 bits per heavy atom. The molecule has 0 aromatic heterocycles. The molecule has 1 atom stereocenters. The Balaban J connectivity index is 2.20. The number of ether oxygens (including phenoxy) is 1. The van der Waals surface area contributed by atoms with Crippen molar-refractivity contribution in [2.75, 3.05) is 19.8 Å². The van der Waals surface area contributed by atoms with E-state index in [-0.39, 0.29) is 12.6 Å². The second kappa shape index (κ2) is 8.46. The second-order valence-electron chi connectivity index (χ2n) is 6.33. The first-order chi connectivity index (χ1) is 11.1. The number of hydrogen-bond acceptors (Lipinski definition) is 4. The van der Waals surface area contributed by atoms with Gasteiger partial charge < -0.3 is 9.84 Å². The van der Waals surface area contributed by atoms with Gasteiger partial charge in [-0.25, -0.2) is 4.79 Å². The lowest BCUT2D eigenvalue weighted by Crippen LogP contribution is -2.46. The summed E-state index contributed by atoms with van der Waals surface area (Å²) in [6.07, 6.45) is 5.03. The summed E-state index contributed by atoms with van der Waals surface area (Å²) in [5, 5.41) is 11.3. The Kier molecular flexibility index (Phi) is 6.60. The topological polar surface area (TPSA) is 49.8 Å². The van der Waals surface area contributed by atoms with Gasteiger partial charge in [-0.05, 0) is 31.5 Å². The third-order valence-corrected chi connectivity index (χ3v) is 4.99.